The molecular formula is C18H19F2N3O4. The number of carboxylic acid groups (broad SMARTS) is 1. The van der Waals surface area contributed by atoms with Gasteiger partial charge in [0.1, 0.15) is 17.1 Å². The molecule has 27 heavy (non-hydrogen) atoms. The summed E-state index contributed by atoms with van der Waals surface area (Å²) in [6, 6.07) is 0.391. The van der Waals surface area contributed by atoms with E-state index in [1.54, 1.807) is 0 Å². The SMILES string of the molecule is C[C@@H]1CN(c2c(F)cc3c(=O)c(C(=O)O)cn(C4COC4)c3c2F)C[C@H]1N. The van der Waals surface area contributed by atoms with E-state index in [1.165, 1.54) is 9.47 Å². The molecule has 0 unspecified atom stereocenters. The van der Waals surface area contributed by atoms with Gasteiger partial charge in [0, 0.05) is 25.3 Å². The molecule has 0 aliphatic carbocycles. The molecular weight excluding hydrogens is 360 g/mol. The summed E-state index contributed by atoms with van der Waals surface area (Å²) in [4.78, 5) is 25.4. The standard InChI is InChI=1S/C18H19F2N3O4/c1-8-3-22(5-13(8)21)16-12(19)2-10-15(14(16)20)23(9-6-27-7-9)4-11(17(10)24)18(25)26/h2,4,8-9,13H,3,5-7,21H2,1H3,(H,25,26)/t8-,13-/m1/s1. The van der Waals surface area contributed by atoms with E-state index in [1.807, 2.05) is 6.92 Å². The van der Waals surface area contributed by atoms with Crippen LogP contribution in [0.1, 0.15) is 23.3 Å². The van der Waals surface area contributed by atoms with Crippen LogP contribution in [0.3, 0.4) is 0 Å². The van der Waals surface area contributed by atoms with E-state index in [4.69, 9.17) is 10.5 Å². The van der Waals surface area contributed by atoms with E-state index < -0.39 is 28.6 Å². The molecule has 0 saturated carbocycles. The molecule has 0 radical (unpaired) electrons. The van der Waals surface area contributed by atoms with Crippen LogP contribution in [0.25, 0.3) is 10.9 Å². The average Bonchev–Trinajstić information content (AvgIpc) is 2.86. The van der Waals surface area contributed by atoms with Crippen molar-refractivity contribution < 1.29 is 23.4 Å². The number of nitrogens with two attached hydrogens (primary N) is 1. The third kappa shape index (κ3) is 2.69. The quantitative estimate of drug-likeness (QED) is 0.835. The van der Waals surface area contributed by atoms with Gasteiger partial charge in [0.2, 0.25) is 5.43 Å². The van der Waals surface area contributed by atoms with Crippen molar-refractivity contribution in [1.29, 1.82) is 0 Å². The molecule has 2 aliphatic heterocycles. The van der Waals surface area contributed by atoms with Crippen LogP contribution < -0.4 is 16.1 Å². The highest BCUT2D eigenvalue weighted by Crippen LogP contribution is 2.34. The molecule has 3 heterocycles. The Morgan fingerprint density at radius 1 is 1.33 bits per heavy atom. The number of hydrogen-bond donors (Lipinski definition) is 2. The lowest BCUT2D eigenvalue weighted by Crippen LogP contribution is -2.34. The van der Waals surface area contributed by atoms with Crippen LogP contribution in [0.4, 0.5) is 14.5 Å². The summed E-state index contributed by atoms with van der Waals surface area (Å²) in [5.41, 5.74) is 4.19. The smallest absolute Gasteiger partial charge is 0.341 e. The van der Waals surface area contributed by atoms with Crippen LogP contribution >= 0.6 is 0 Å². The number of aromatic nitrogens is 1. The molecule has 1 aromatic carbocycles. The number of carboxylic acids is 1. The second-order valence-electron chi connectivity index (χ2n) is 7.24. The molecule has 2 aliphatic rings. The van der Waals surface area contributed by atoms with Gasteiger partial charge in [0.15, 0.2) is 5.82 Å². The van der Waals surface area contributed by atoms with E-state index in [-0.39, 0.29) is 47.8 Å². The number of aromatic carboxylic acids is 1. The van der Waals surface area contributed by atoms with Crippen molar-refractivity contribution in [2.45, 2.75) is 19.0 Å². The summed E-state index contributed by atoms with van der Waals surface area (Å²) in [5.74, 6) is -3.17. The maximum absolute atomic E-state index is 15.5. The summed E-state index contributed by atoms with van der Waals surface area (Å²) in [6.07, 6.45) is 1.11. The lowest BCUT2D eigenvalue weighted by molar-refractivity contribution is -0.0219. The number of carbonyl (C=O) groups is 1. The topological polar surface area (TPSA) is 97.8 Å². The van der Waals surface area contributed by atoms with E-state index in [2.05, 4.69) is 0 Å². The molecule has 1 aromatic heterocycles. The van der Waals surface area contributed by atoms with Crippen LogP contribution in [0.2, 0.25) is 0 Å². The largest absolute Gasteiger partial charge is 0.477 e. The minimum Gasteiger partial charge on any atom is -0.477 e. The lowest BCUT2D eigenvalue weighted by atomic mass is 10.1. The van der Waals surface area contributed by atoms with Gasteiger partial charge in [-0.15, -0.1) is 0 Å². The molecule has 7 nitrogen and oxygen atoms in total. The second kappa shape index (κ2) is 6.28. The molecule has 2 saturated heterocycles. The number of nitrogens with zero attached hydrogens (tertiary/aromatic N) is 2. The third-order valence-electron chi connectivity index (χ3n) is 5.41. The summed E-state index contributed by atoms with van der Waals surface area (Å²) in [5, 5.41) is 9.00. The van der Waals surface area contributed by atoms with Gasteiger partial charge >= 0.3 is 5.97 Å². The molecule has 0 bridgehead atoms. The Bertz CT molecular complexity index is 992. The highest BCUT2D eigenvalue weighted by Gasteiger charge is 2.33. The monoisotopic (exact) mass is 379 g/mol. The van der Waals surface area contributed by atoms with Crippen LogP contribution in [0.15, 0.2) is 17.1 Å². The Morgan fingerprint density at radius 3 is 2.56 bits per heavy atom. The van der Waals surface area contributed by atoms with Crippen molar-refractivity contribution in [3.05, 3.63) is 39.7 Å². The number of anilines is 1. The average molecular weight is 379 g/mol. The van der Waals surface area contributed by atoms with Crippen molar-refractivity contribution in [2.75, 3.05) is 31.2 Å². The van der Waals surface area contributed by atoms with Crippen LogP contribution in [0.5, 0.6) is 0 Å². The van der Waals surface area contributed by atoms with Crippen molar-refractivity contribution in [3.8, 4) is 0 Å². The lowest BCUT2D eigenvalue weighted by Gasteiger charge is -2.31. The van der Waals surface area contributed by atoms with E-state index in [9.17, 15) is 19.1 Å². The summed E-state index contributed by atoms with van der Waals surface area (Å²) < 4.78 is 36.7. The molecule has 4 rings (SSSR count). The van der Waals surface area contributed by atoms with Gasteiger partial charge in [0.05, 0.1) is 30.2 Å². The Hall–Kier alpha value is -2.52. The van der Waals surface area contributed by atoms with Crippen LogP contribution in [-0.4, -0.2) is 48.0 Å². The van der Waals surface area contributed by atoms with Gasteiger partial charge in [-0.3, -0.25) is 4.79 Å². The van der Waals surface area contributed by atoms with Gasteiger partial charge < -0.3 is 25.0 Å². The molecule has 2 atom stereocenters. The number of fused-ring (bicyclic) bond motifs is 1. The van der Waals surface area contributed by atoms with Gasteiger partial charge in [-0.1, -0.05) is 6.92 Å². The summed E-state index contributed by atoms with van der Waals surface area (Å²) in [6.45, 7) is 3.11. The maximum atomic E-state index is 15.5. The number of ether oxygens (including phenoxy) is 1. The van der Waals surface area contributed by atoms with Crippen molar-refractivity contribution in [1.82, 2.24) is 4.57 Å². The first-order chi connectivity index (χ1) is 12.8. The van der Waals surface area contributed by atoms with E-state index >= 15 is 4.39 Å². The van der Waals surface area contributed by atoms with Crippen molar-refractivity contribution in [3.63, 3.8) is 0 Å². The van der Waals surface area contributed by atoms with E-state index in [0.29, 0.717) is 13.1 Å². The van der Waals surface area contributed by atoms with Crippen LogP contribution in [0, 0.1) is 17.6 Å². The number of benzene rings is 1. The van der Waals surface area contributed by atoms with Gasteiger partial charge in [0.25, 0.3) is 0 Å². The van der Waals surface area contributed by atoms with Crippen molar-refractivity contribution >= 4 is 22.6 Å². The summed E-state index contributed by atoms with van der Waals surface area (Å²) >= 11 is 0. The molecule has 9 heteroatoms. The molecule has 0 spiro atoms. The number of halogens is 2. The predicted octanol–water partition coefficient (Wildman–Crippen LogP) is 1.33. The molecule has 2 aromatic rings. The normalized spacial score (nSPS) is 23.0. The fraction of sp³-hybridized carbons (Fsp3) is 0.444. The van der Waals surface area contributed by atoms with Gasteiger partial charge in [-0.05, 0) is 12.0 Å². The number of hydrogen-bond acceptors (Lipinski definition) is 5. The maximum Gasteiger partial charge on any atom is 0.341 e. The van der Waals surface area contributed by atoms with E-state index in [0.717, 1.165) is 12.3 Å². The molecule has 0 amide bonds. The zero-order valence-corrected chi connectivity index (χ0v) is 14.6. The highest BCUT2D eigenvalue weighted by molar-refractivity contribution is 5.94. The molecule has 144 valence electrons. The Labute approximate surface area is 152 Å². The molecule has 3 N–H and O–H groups in total. The predicted molar refractivity (Wildman–Crippen MR) is 94.3 cm³/mol. The first-order valence-electron chi connectivity index (χ1n) is 8.68. The Balaban J connectivity index is 2.00. The third-order valence-corrected chi connectivity index (χ3v) is 5.41. The van der Waals surface area contributed by atoms with Gasteiger partial charge in [-0.25, -0.2) is 13.6 Å². The Kier molecular flexibility index (Phi) is 4.15. The van der Waals surface area contributed by atoms with Crippen LogP contribution in [-0.2, 0) is 4.74 Å². The minimum absolute atomic E-state index is 0.0658. The zero-order chi connectivity index (χ0) is 19.5. The van der Waals surface area contributed by atoms with Gasteiger partial charge in [-0.2, -0.15) is 0 Å². The first-order valence-corrected chi connectivity index (χ1v) is 8.68. The zero-order valence-electron chi connectivity index (χ0n) is 14.6. The second-order valence-corrected chi connectivity index (χ2v) is 7.24. The fourth-order valence-electron chi connectivity index (χ4n) is 3.72. The summed E-state index contributed by atoms with van der Waals surface area (Å²) in [7, 11) is 0. The highest BCUT2D eigenvalue weighted by atomic mass is 19.1. The minimum atomic E-state index is -1.44. The number of rotatable bonds is 3. The fourth-order valence-corrected chi connectivity index (χ4v) is 3.72. The molecule has 2 fully saturated rings. The Morgan fingerprint density at radius 2 is 2.04 bits per heavy atom. The number of pyridine rings is 1. The van der Waals surface area contributed by atoms with Crippen molar-refractivity contribution in [2.24, 2.45) is 11.7 Å². The first kappa shape index (κ1) is 17.9.